The van der Waals surface area contributed by atoms with Gasteiger partial charge in [0.1, 0.15) is 0 Å². The van der Waals surface area contributed by atoms with Gasteiger partial charge in [-0.3, -0.25) is 4.98 Å². The number of piperidine rings is 1. The van der Waals surface area contributed by atoms with E-state index in [0.717, 1.165) is 6.54 Å². The van der Waals surface area contributed by atoms with E-state index in [4.69, 9.17) is 0 Å². The van der Waals surface area contributed by atoms with E-state index in [-0.39, 0.29) is 0 Å². The predicted octanol–water partition coefficient (Wildman–Crippen LogP) is 3.20. The molecular weight excluding hydrogens is 258 g/mol. The molecule has 2 aromatic rings. The Morgan fingerprint density at radius 3 is 2.81 bits per heavy atom. The number of nitrogens with zero attached hydrogens (tertiary/aromatic N) is 2. The molecule has 0 bridgehead atoms. The summed E-state index contributed by atoms with van der Waals surface area (Å²) in [5, 5.41) is 6.28. The van der Waals surface area contributed by atoms with Crippen LogP contribution in [-0.2, 0) is 6.54 Å². The van der Waals surface area contributed by atoms with Crippen LogP contribution >= 0.6 is 0 Å². The van der Waals surface area contributed by atoms with E-state index >= 15 is 0 Å². The van der Waals surface area contributed by atoms with Gasteiger partial charge in [-0.1, -0.05) is 31.2 Å². The average Bonchev–Trinajstić information content (AvgIpc) is 2.54. The SMILES string of the molecule is CCCN1CCC(NCc2cncc3ccccc23)CC1. The molecule has 0 radical (unpaired) electrons. The van der Waals surface area contributed by atoms with Crippen molar-refractivity contribution in [3.63, 3.8) is 0 Å². The number of hydrogen-bond donors (Lipinski definition) is 1. The lowest BCUT2D eigenvalue weighted by Gasteiger charge is -2.32. The molecule has 1 fully saturated rings. The van der Waals surface area contributed by atoms with Crippen LogP contribution < -0.4 is 5.32 Å². The smallest absolute Gasteiger partial charge is 0.0346 e. The summed E-state index contributed by atoms with van der Waals surface area (Å²) in [6.45, 7) is 6.91. The van der Waals surface area contributed by atoms with E-state index in [2.05, 4.69) is 46.4 Å². The van der Waals surface area contributed by atoms with Crippen LogP contribution in [0.15, 0.2) is 36.7 Å². The number of fused-ring (bicyclic) bond motifs is 1. The first-order valence-corrected chi connectivity index (χ1v) is 8.14. The molecule has 0 saturated carbocycles. The standard InChI is InChI=1S/C18H25N3/c1-2-9-21-10-7-17(8-11-21)20-14-16-13-19-12-15-5-3-4-6-18(15)16/h3-6,12-13,17,20H,2,7-11,14H2,1H3. The van der Waals surface area contributed by atoms with Gasteiger partial charge in [-0.15, -0.1) is 0 Å². The van der Waals surface area contributed by atoms with Crippen LogP contribution in [0.25, 0.3) is 10.8 Å². The van der Waals surface area contributed by atoms with Crippen LogP contribution in [0.1, 0.15) is 31.7 Å². The molecule has 112 valence electrons. The van der Waals surface area contributed by atoms with Crippen molar-refractivity contribution in [2.75, 3.05) is 19.6 Å². The molecule has 1 aliphatic rings. The van der Waals surface area contributed by atoms with E-state index in [1.54, 1.807) is 0 Å². The topological polar surface area (TPSA) is 28.2 Å². The van der Waals surface area contributed by atoms with E-state index in [9.17, 15) is 0 Å². The summed E-state index contributed by atoms with van der Waals surface area (Å²) >= 11 is 0. The zero-order chi connectivity index (χ0) is 14.5. The van der Waals surface area contributed by atoms with E-state index in [1.165, 1.54) is 55.2 Å². The van der Waals surface area contributed by atoms with Crippen LogP contribution in [0.3, 0.4) is 0 Å². The van der Waals surface area contributed by atoms with Gasteiger partial charge in [0.2, 0.25) is 0 Å². The van der Waals surface area contributed by atoms with Gasteiger partial charge < -0.3 is 10.2 Å². The van der Waals surface area contributed by atoms with Gasteiger partial charge in [-0.25, -0.2) is 0 Å². The highest BCUT2D eigenvalue weighted by Gasteiger charge is 2.18. The molecule has 0 spiro atoms. The third-order valence-electron chi connectivity index (χ3n) is 4.46. The Hall–Kier alpha value is -1.45. The number of benzene rings is 1. The predicted molar refractivity (Wildman–Crippen MR) is 88.3 cm³/mol. The van der Waals surface area contributed by atoms with Crippen LogP contribution in [0.2, 0.25) is 0 Å². The quantitative estimate of drug-likeness (QED) is 0.913. The molecule has 3 nitrogen and oxygen atoms in total. The molecule has 0 amide bonds. The van der Waals surface area contributed by atoms with Gasteiger partial charge in [-0.2, -0.15) is 0 Å². The van der Waals surface area contributed by atoms with Gasteiger partial charge in [-0.05, 0) is 49.8 Å². The summed E-state index contributed by atoms with van der Waals surface area (Å²) in [6.07, 6.45) is 7.74. The summed E-state index contributed by atoms with van der Waals surface area (Å²) in [7, 11) is 0. The van der Waals surface area contributed by atoms with Gasteiger partial charge in [0.25, 0.3) is 0 Å². The molecule has 0 aliphatic carbocycles. The molecule has 0 atom stereocenters. The molecule has 1 aromatic heterocycles. The van der Waals surface area contributed by atoms with Crippen LogP contribution in [0.5, 0.6) is 0 Å². The second-order valence-electron chi connectivity index (χ2n) is 6.02. The summed E-state index contributed by atoms with van der Waals surface area (Å²) in [5.41, 5.74) is 1.31. The molecule has 3 heteroatoms. The molecule has 1 aliphatic heterocycles. The zero-order valence-electron chi connectivity index (χ0n) is 12.9. The Morgan fingerprint density at radius 2 is 2.00 bits per heavy atom. The van der Waals surface area contributed by atoms with Gasteiger partial charge in [0.15, 0.2) is 0 Å². The van der Waals surface area contributed by atoms with E-state index in [0.29, 0.717) is 6.04 Å². The molecular formula is C18H25N3. The maximum Gasteiger partial charge on any atom is 0.0346 e. The number of hydrogen-bond acceptors (Lipinski definition) is 3. The lowest BCUT2D eigenvalue weighted by Crippen LogP contribution is -2.42. The number of nitrogens with one attached hydrogen (secondary N) is 1. The molecule has 1 saturated heterocycles. The second-order valence-corrected chi connectivity index (χ2v) is 6.02. The summed E-state index contributed by atoms with van der Waals surface area (Å²) < 4.78 is 0. The van der Waals surface area contributed by atoms with Crippen molar-refractivity contribution in [2.45, 2.75) is 38.8 Å². The lowest BCUT2D eigenvalue weighted by molar-refractivity contribution is 0.197. The maximum atomic E-state index is 4.36. The number of pyridine rings is 1. The largest absolute Gasteiger partial charge is 0.310 e. The van der Waals surface area contributed by atoms with Crippen LogP contribution in [0, 0.1) is 0 Å². The highest BCUT2D eigenvalue weighted by atomic mass is 15.1. The van der Waals surface area contributed by atoms with Crippen molar-refractivity contribution in [3.05, 3.63) is 42.2 Å². The Morgan fingerprint density at radius 1 is 1.19 bits per heavy atom. The highest BCUT2D eigenvalue weighted by Crippen LogP contribution is 2.18. The molecule has 2 heterocycles. The molecule has 1 N–H and O–H groups in total. The number of aromatic nitrogens is 1. The van der Waals surface area contributed by atoms with Gasteiger partial charge in [0, 0.05) is 30.4 Å². The first kappa shape index (κ1) is 14.5. The highest BCUT2D eigenvalue weighted by molar-refractivity contribution is 5.84. The Labute approximate surface area is 127 Å². The number of likely N-dealkylation sites (tertiary alicyclic amines) is 1. The maximum absolute atomic E-state index is 4.36. The average molecular weight is 283 g/mol. The molecule has 21 heavy (non-hydrogen) atoms. The van der Waals surface area contributed by atoms with Gasteiger partial charge in [0.05, 0.1) is 0 Å². The second kappa shape index (κ2) is 7.01. The first-order chi connectivity index (χ1) is 10.4. The minimum atomic E-state index is 0.650. The fraction of sp³-hybridized carbons (Fsp3) is 0.500. The lowest BCUT2D eigenvalue weighted by atomic mass is 10.0. The summed E-state index contributed by atoms with van der Waals surface area (Å²) in [5.74, 6) is 0. The molecule has 3 rings (SSSR count). The van der Waals surface area contributed by atoms with Crippen molar-refractivity contribution in [1.82, 2.24) is 15.2 Å². The first-order valence-electron chi connectivity index (χ1n) is 8.14. The van der Waals surface area contributed by atoms with E-state index < -0.39 is 0 Å². The minimum Gasteiger partial charge on any atom is -0.310 e. The Bertz CT molecular complexity index is 568. The number of rotatable bonds is 5. The zero-order valence-corrected chi connectivity index (χ0v) is 12.9. The summed E-state index contributed by atoms with van der Waals surface area (Å²) in [4.78, 5) is 6.95. The third kappa shape index (κ3) is 3.60. The van der Waals surface area contributed by atoms with Crippen molar-refractivity contribution in [1.29, 1.82) is 0 Å². The third-order valence-corrected chi connectivity index (χ3v) is 4.46. The van der Waals surface area contributed by atoms with Crippen molar-refractivity contribution in [2.24, 2.45) is 0 Å². The summed E-state index contributed by atoms with van der Waals surface area (Å²) in [6, 6.07) is 9.16. The minimum absolute atomic E-state index is 0.650. The van der Waals surface area contributed by atoms with Crippen molar-refractivity contribution >= 4 is 10.8 Å². The Kier molecular flexibility index (Phi) is 4.84. The monoisotopic (exact) mass is 283 g/mol. The van der Waals surface area contributed by atoms with Gasteiger partial charge >= 0.3 is 0 Å². The van der Waals surface area contributed by atoms with Crippen LogP contribution in [-0.4, -0.2) is 35.6 Å². The fourth-order valence-corrected chi connectivity index (χ4v) is 3.25. The fourth-order valence-electron chi connectivity index (χ4n) is 3.25. The molecule has 1 aromatic carbocycles. The normalized spacial score (nSPS) is 17.4. The van der Waals surface area contributed by atoms with Crippen molar-refractivity contribution < 1.29 is 0 Å². The van der Waals surface area contributed by atoms with E-state index in [1.807, 2.05) is 12.4 Å². The van der Waals surface area contributed by atoms with Crippen molar-refractivity contribution in [3.8, 4) is 0 Å². The molecule has 0 unspecified atom stereocenters. The Balaban J connectivity index is 1.58. The van der Waals surface area contributed by atoms with Crippen LogP contribution in [0.4, 0.5) is 0 Å².